The number of benzene rings is 13. The molecule has 2 aromatic heterocycles. The van der Waals surface area contributed by atoms with Crippen LogP contribution in [0, 0.1) is 0 Å². The fourth-order valence-electron chi connectivity index (χ4n) is 11.7. The van der Waals surface area contributed by atoms with Gasteiger partial charge in [0.05, 0.1) is 0 Å². The zero-order valence-electron chi connectivity index (χ0n) is 35.6. The van der Waals surface area contributed by atoms with E-state index in [9.17, 15) is 0 Å². The normalized spacial score (nSPS) is 12.2. The molecular weight excluding hydrogens is 833 g/mol. The van der Waals surface area contributed by atoms with Crippen LogP contribution in [0.2, 0.25) is 0 Å². The van der Waals surface area contributed by atoms with Gasteiger partial charge in [0.25, 0.3) is 0 Å². The maximum absolute atomic E-state index is 2.48. The van der Waals surface area contributed by atoms with E-state index < -0.39 is 0 Å². The molecule has 0 saturated carbocycles. The van der Waals surface area contributed by atoms with Crippen LogP contribution >= 0.6 is 22.7 Å². The summed E-state index contributed by atoms with van der Waals surface area (Å²) in [6, 6.07) is 82.2. The maximum Gasteiger partial charge on any atom is 0.0434 e. The zero-order chi connectivity index (χ0) is 43.0. The van der Waals surface area contributed by atoms with E-state index >= 15 is 0 Å². The third-order valence-corrected chi connectivity index (χ3v) is 16.8. The first-order valence-electron chi connectivity index (χ1n) is 22.7. The fourth-order valence-corrected chi connectivity index (χ4v) is 14.0. The molecule has 0 aliphatic rings. The Kier molecular flexibility index (Phi) is 7.63. The van der Waals surface area contributed by atoms with Gasteiger partial charge < -0.3 is 0 Å². The number of hydrogen-bond acceptors (Lipinski definition) is 2. The molecule has 0 N–H and O–H groups in total. The smallest absolute Gasteiger partial charge is 0.0434 e. The van der Waals surface area contributed by atoms with E-state index in [-0.39, 0.29) is 0 Å². The van der Waals surface area contributed by atoms with Crippen LogP contribution in [-0.4, -0.2) is 0 Å². The Morgan fingerprint density at radius 1 is 0.197 bits per heavy atom. The lowest BCUT2D eigenvalue weighted by atomic mass is 9.81. The molecule has 304 valence electrons. The Hall–Kier alpha value is -7.88. The summed E-state index contributed by atoms with van der Waals surface area (Å²) in [5.74, 6) is 0. The highest BCUT2D eigenvalue weighted by atomic mass is 32.1. The number of hydrogen-bond donors (Lipinski definition) is 0. The number of fused-ring (bicyclic) bond motifs is 16. The van der Waals surface area contributed by atoms with Gasteiger partial charge in [-0.1, -0.05) is 188 Å². The summed E-state index contributed by atoms with van der Waals surface area (Å²) < 4.78 is 5.30. The second kappa shape index (κ2) is 13.8. The predicted octanol–water partition coefficient (Wildman–Crippen LogP) is 19.5. The summed E-state index contributed by atoms with van der Waals surface area (Å²) in [4.78, 5) is 0. The summed E-state index contributed by atoms with van der Waals surface area (Å²) in [7, 11) is 0. The standard InChI is InChI=1S/C64H36S2/c1-3-18-40-38(16-1)39-17-2-4-19-41(39)54-36-59-56(35-53(40)54)55-34-37(32-33-58(55)65-59)60-43-21-5-9-25-47(43)62(48-26-10-6-22-44(48)60)63-49-27-11-7-23-45(49)61(46-24-8-12-28-50(46)63)52-30-15-29-51-42-20-13-14-31-57(42)66-64(51)52/h1-36H. The highest BCUT2D eigenvalue weighted by molar-refractivity contribution is 7.26. The number of thiophene rings is 2. The lowest BCUT2D eigenvalue weighted by Crippen LogP contribution is -1.94. The highest BCUT2D eigenvalue weighted by Gasteiger charge is 2.24. The minimum absolute atomic E-state index is 1.24. The first-order valence-corrected chi connectivity index (χ1v) is 24.4. The van der Waals surface area contributed by atoms with E-state index in [0.29, 0.717) is 0 Å². The van der Waals surface area contributed by atoms with Gasteiger partial charge in [0.2, 0.25) is 0 Å². The van der Waals surface area contributed by atoms with Gasteiger partial charge in [-0.05, 0) is 134 Å². The molecule has 0 bridgehead atoms. The van der Waals surface area contributed by atoms with Crippen molar-refractivity contribution in [1.29, 1.82) is 0 Å². The lowest BCUT2D eigenvalue weighted by Gasteiger charge is -2.22. The fraction of sp³-hybridized carbons (Fsp3) is 0. The molecule has 2 heteroatoms. The van der Waals surface area contributed by atoms with Crippen molar-refractivity contribution in [3.63, 3.8) is 0 Å². The zero-order valence-corrected chi connectivity index (χ0v) is 37.2. The Bertz CT molecular complexity index is 4470. The molecule has 0 nitrogen and oxygen atoms in total. The maximum atomic E-state index is 2.48. The van der Waals surface area contributed by atoms with E-state index in [0.717, 1.165) is 0 Å². The van der Waals surface area contributed by atoms with Crippen molar-refractivity contribution in [3.8, 4) is 33.4 Å². The van der Waals surface area contributed by atoms with Gasteiger partial charge in [0, 0.05) is 45.9 Å². The average molecular weight is 869 g/mol. The Morgan fingerprint density at radius 2 is 0.591 bits per heavy atom. The topological polar surface area (TPSA) is 0 Å². The van der Waals surface area contributed by atoms with Crippen LogP contribution in [0.15, 0.2) is 218 Å². The molecule has 0 fully saturated rings. The first kappa shape index (κ1) is 36.5. The summed E-state index contributed by atoms with van der Waals surface area (Å²) in [6.45, 7) is 0. The SMILES string of the molecule is c1ccc2c(c1)sc1c(-c3c4ccccc4c(-c4c5ccccc5c(-c5ccc6sc7cc8c9ccccc9c9ccccc9c8cc7c6c5)c5ccccc45)c4ccccc34)cccc12. The second-order valence-corrected chi connectivity index (χ2v) is 19.9. The van der Waals surface area contributed by atoms with Crippen molar-refractivity contribution >= 4 is 138 Å². The molecule has 0 radical (unpaired) electrons. The molecule has 13 aromatic carbocycles. The van der Waals surface area contributed by atoms with E-state index in [1.54, 1.807) is 0 Å². The Morgan fingerprint density at radius 3 is 1.14 bits per heavy atom. The van der Waals surface area contributed by atoms with Crippen molar-refractivity contribution in [2.24, 2.45) is 0 Å². The minimum Gasteiger partial charge on any atom is -0.135 e. The van der Waals surface area contributed by atoms with Crippen molar-refractivity contribution in [2.75, 3.05) is 0 Å². The number of rotatable bonds is 3. The third kappa shape index (κ3) is 5.03. The molecule has 0 unspecified atom stereocenters. The molecule has 0 saturated heterocycles. The molecule has 0 atom stereocenters. The molecule has 2 heterocycles. The molecule has 0 aliphatic carbocycles. The molecule has 15 rings (SSSR count). The van der Waals surface area contributed by atoms with Gasteiger partial charge in [-0.15, -0.1) is 22.7 Å². The Balaban J connectivity index is 1.01. The minimum atomic E-state index is 1.24. The highest BCUT2D eigenvalue weighted by Crippen LogP contribution is 2.52. The van der Waals surface area contributed by atoms with E-state index in [4.69, 9.17) is 0 Å². The molecule has 0 spiro atoms. The molecular formula is C64H36S2. The van der Waals surface area contributed by atoms with Crippen LogP contribution in [0.25, 0.3) is 149 Å². The van der Waals surface area contributed by atoms with Crippen LogP contribution in [0.5, 0.6) is 0 Å². The van der Waals surface area contributed by atoms with E-state index in [1.807, 2.05) is 22.7 Å². The molecule has 0 amide bonds. The second-order valence-electron chi connectivity index (χ2n) is 17.8. The summed E-state index contributed by atoms with van der Waals surface area (Å²) in [5, 5.41) is 23.3. The lowest BCUT2D eigenvalue weighted by molar-refractivity contribution is 1.70. The van der Waals surface area contributed by atoms with Gasteiger partial charge in [-0.3, -0.25) is 0 Å². The van der Waals surface area contributed by atoms with E-state index in [2.05, 4.69) is 218 Å². The van der Waals surface area contributed by atoms with Gasteiger partial charge in [-0.25, -0.2) is 0 Å². The van der Waals surface area contributed by atoms with Crippen LogP contribution in [0.4, 0.5) is 0 Å². The van der Waals surface area contributed by atoms with Crippen molar-refractivity contribution < 1.29 is 0 Å². The van der Waals surface area contributed by atoms with Crippen molar-refractivity contribution in [3.05, 3.63) is 218 Å². The summed E-state index contributed by atoms with van der Waals surface area (Å²) in [5.41, 5.74) is 7.70. The quantitative estimate of drug-likeness (QED) is 0.123. The van der Waals surface area contributed by atoms with Gasteiger partial charge in [0.1, 0.15) is 0 Å². The average Bonchev–Trinajstić information content (AvgIpc) is 3.95. The largest absolute Gasteiger partial charge is 0.135 e. The van der Waals surface area contributed by atoms with Crippen molar-refractivity contribution in [1.82, 2.24) is 0 Å². The first-order chi connectivity index (χ1) is 32.8. The predicted molar refractivity (Wildman–Crippen MR) is 291 cm³/mol. The Labute approximate surface area is 387 Å². The molecule has 66 heavy (non-hydrogen) atoms. The summed E-state index contributed by atoms with van der Waals surface area (Å²) in [6.07, 6.45) is 0. The van der Waals surface area contributed by atoms with Crippen molar-refractivity contribution in [2.45, 2.75) is 0 Å². The van der Waals surface area contributed by atoms with Gasteiger partial charge in [-0.2, -0.15) is 0 Å². The van der Waals surface area contributed by atoms with Gasteiger partial charge in [0.15, 0.2) is 0 Å². The molecule has 15 aromatic rings. The van der Waals surface area contributed by atoms with Gasteiger partial charge >= 0.3 is 0 Å². The van der Waals surface area contributed by atoms with Crippen LogP contribution in [0.3, 0.4) is 0 Å². The molecule has 0 aliphatic heterocycles. The third-order valence-electron chi connectivity index (χ3n) is 14.4. The van der Waals surface area contributed by atoms with Crippen LogP contribution < -0.4 is 0 Å². The monoisotopic (exact) mass is 868 g/mol. The van der Waals surface area contributed by atoms with Crippen LogP contribution in [-0.2, 0) is 0 Å². The van der Waals surface area contributed by atoms with E-state index in [1.165, 1.54) is 149 Å². The van der Waals surface area contributed by atoms with Crippen LogP contribution in [0.1, 0.15) is 0 Å². The summed E-state index contributed by atoms with van der Waals surface area (Å²) >= 11 is 3.81.